The predicted molar refractivity (Wildman–Crippen MR) is 58.9 cm³/mol. The Balaban J connectivity index is 2.82. The van der Waals surface area contributed by atoms with E-state index in [1.807, 2.05) is 0 Å². The lowest BCUT2D eigenvalue weighted by atomic mass is 9.73. The molecule has 0 N–H and O–H groups in total. The van der Waals surface area contributed by atoms with Crippen LogP contribution in [0.2, 0.25) is 0 Å². The first-order chi connectivity index (χ1) is 5.79. The number of nitrogens with zero attached hydrogens (tertiary/aromatic N) is 1. The summed E-state index contributed by atoms with van der Waals surface area (Å²) < 4.78 is 0. The molecule has 0 aromatic rings. The highest BCUT2D eigenvalue weighted by atomic mass is 15.2. The molecule has 0 atom stereocenters. The highest BCUT2D eigenvalue weighted by molar-refractivity contribution is 4.97. The molecule has 0 aliphatic carbocycles. The second-order valence-corrected chi connectivity index (χ2v) is 5.87. The fourth-order valence-corrected chi connectivity index (χ4v) is 2.87. The maximum atomic E-state index is 2.55. The highest BCUT2D eigenvalue weighted by Crippen LogP contribution is 2.40. The van der Waals surface area contributed by atoms with E-state index in [-0.39, 0.29) is 0 Å². The largest absolute Gasteiger partial charge is 0.296 e. The van der Waals surface area contributed by atoms with E-state index >= 15 is 0 Å². The molecule has 1 saturated heterocycles. The van der Waals surface area contributed by atoms with Gasteiger partial charge in [-0.15, -0.1) is 0 Å². The first kappa shape index (κ1) is 11.0. The minimum absolute atomic E-state index is 0.377. The molecule has 1 aliphatic heterocycles. The standard InChI is InChI=1S/C12H25N/c1-7-10-8-11(2,3)13(6)12(4,5)9-10/h10H,7-9H2,1-6H3. The van der Waals surface area contributed by atoms with E-state index in [2.05, 4.69) is 46.6 Å². The summed E-state index contributed by atoms with van der Waals surface area (Å²) in [4.78, 5) is 2.55. The Morgan fingerprint density at radius 1 is 1.08 bits per heavy atom. The summed E-state index contributed by atoms with van der Waals surface area (Å²) >= 11 is 0. The maximum absolute atomic E-state index is 2.55. The van der Waals surface area contributed by atoms with Gasteiger partial charge >= 0.3 is 0 Å². The topological polar surface area (TPSA) is 3.24 Å². The molecule has 0 bridgehead atoms. The van der Waals surface area contributed by atoms with Crippen LogP contribution in [-0.2, 0) is 0 Å². The third kappa shape index (κ3) is 2.07. The van der Waals surface area contributed by atoms with Gasteiger partial charge in [-0.3, -0.25) is 4.90 Å². The molecule has 0 aromatic heterocycles. The summed E-state index contributed by atoms with van der Waals surface area (Å²) in [6.07, 6.45) is 4.04. The van der Waals surface area contributed by atoms with Crippen LogP contribution in [0, 0.1) is 5.92 Å². The summed E-state index contributed by atoms with van der Waals surface area (Å²) in [6.45, 7) is 11.8. The van der Waals surface area contributed by atoms with Crippen molar-refractivity contribution in [3.8, 4) is 0 Å². The van der Waals surface area contributed by atoms with Crippen LogP contribution in [0.3, 0.4) is 0 Å². The number of piperidine rings is 1. The Hall–Kier alpha value is -0.0400. The van der Waals surface area contributed by atoms with E-state index in [0.29, 0.717) is 11.1 Å². The summed E-state index contributed by atoms with van der Waals surface area (Å²) in [5.74, 6) is 0.918. The van der Waals surface area contributed by atoms with Gasteiger partial charge in [0.1, 0.15) is 0 Å². The molecule has 1 nitrogen and oxygen atoms in total. The Morgan fingerprint density at radius 3 is 1.77 bits per heavy atom. The van der Waals surface area contributed by atoms with E-state index < -0.39 is 0 Å². The maximum Gasteiger partial charge on any atom is 0.0158 e. The van der Waals surface area contributed by atoms with Crippen LogP contribution in [-0.4, -0.2) is 23.0 Å². The van der Waals surface area contributed by atoms with Gasteiger partial charge in [-0.1, -0.05) is 13.3 Å². The molecule has 78 valence electrons. The van der Waals surface area contributed by atoms with Crippen molar-refractivity contribution in [1.29, 1.82) is 0 Å². The van der Waals surface area contributed by atoms with Crippen LogP contribution >= 0.6 is 0 Å². The van der Waals surface area contributed by atoms with Crippen molar-refractivity contribution in [2.24, 2.45) is 5.92 Å². The Labute approximate surface area is 83.5 Å². The van der Waals surface area contributed by atoms with Gasteiger partial charge < -0.3 is 0 Å². The molecule has 0 spiro atoms. The zero-order chi connectivity index (χ0) is 10.3. The second-order valence-electron chi connectivity index (χ2n) is 5.87. The molecule has 1 rings (SSSR count). The first-order valence-corrected chi connectivity index (χ1v) is 5.53. The molecule has 1 aliphatic rings. The van der Waals surface area contributed by atoms with Gasteiger partial charge in [-0.2, -0.15) is 0 Å². The summed E-state index contributed by atoms with van der Waals surface area (Å²) in [5, 5.41) is 0. The minimum atomic E-state index is 0.377. The third-order valence-electron chi connectivity index (χ3n) is 3.97. The first-order valence-electron chi connectivity index (χ1n) is 5.53. The Kier molecular flexibility index (Phi) is 2.78. The van der Waals surface area contributed by atoms with E-state index in [1.165, 1.54) is 19.3 Å². The quantitative estimate of drug-likeness (QED) is 0.603. The fourth-order valence-electron chi connectivity index (χ4n) is 2.87. The summed E-state index contributed by atoms with van der Waals surface area (Å²) in [5.41, 5.74) is 0.755. The van der Waals surface area contributed by atoms with E-state index in [0.717, 1.165) is 5.92 Å². The van der Waals surface area contributed by atoms with Crippen molar-refractivity contribution >= 4 is 0 Å². The van der Waals surface area contributed by atoms with Gasteiger partial charge in [0.2, 0.25) is 0 Å². The number of likely N-dealkylation sites (tertiary alicyclic amines) is 1. The van der Waals surface area contributed by atoms with Gasteiger partial charge in [-0.25, -0.2) is 0 Å². The lowest BCUT2D eigenvalue weighted by Crippen LogP contribution is -2.58. The summed E-state index contributed by atoms with van der Waals surface area (Å²) in [6, 6.07) is 0. The molecule has 0 unspecified atom stereocenters. The van der Waals surface area contributed by atoms with E-state index in [4.69, 9.17) is 0 Å². The Bertz CT molecular complexity index is 164. The lowest BCUT2D eigenvalue weighted by Gasteiger charge is -2.53. The molecule has 0 amide bonds. The average molecular weight is 183 g/mol. The van der Waals surface area contributed by atoms with Crippen molar-refractivity contribution in [3.63, 3.8) is 0 Å². The zero-order valence-corrected chi connectivity index (χ0v) is 10.1. The van der Waals surface area contributed by atoms with Crippen LogP contribution in [0.25, 0.3) is 0 Å². The minimum Gasteiger partial charge on any atom is -0.296 e. The number of hydrogen-bond acceptors (Lipinski definition) is 1. The average Bonchev–Trinajstić information content (AvgIpc) is 1.99. The molecule has 0 saturated carbocycles. The molecular formula is C12H25N. The zero-order valence-electron chi connectivity index (χ0n) is 10.1. The number of rotatable bonds is 1. The highest BCUT2D eigenvalue weighted by Gasteiger charge is 2.42. The second kappa shape index (κ2) is 3.27. The monoisotopic (exact) mass is 183 g/mol. The van der Waals surface area contributed by atoms with Crippen LogP contribution < -0.4 is 0 Å². The van der Waals surface area contributed by atoms with Crippen molar-refractivity contribution in [2.45, 2.75) is 65.0 Å². The van der Waals surface area contributed by atoms with Crippen LogP contribution in [0.5, 0.6) is 0 Å². The van der Waals surface area contributed by atoms with Gasteiger partial charge in [0.25, 0.3) is 0 Å². The normalized spacial score (nSPS) is 29.1. The van der Waals surface area contributed by atoms with E-state index in [9.17, 15) is 0 Å². The van der Waals surface area contributed by atoms with Crippen molar-refractivity contribution in [2.75, 3.05) is 7.05 Å². The number of hydrogen-bond donors (Lipinski definition) is 0. The molecule has 0 radical (unpaired) electrons. The molecule has 1 heterocycles. The van der Waals surface area contributed by atoms with Crippen molar-refractivity contribution in [1.82, 2.24) is 4.90 Å². The molecule has 1 heteroatoms. The molecule has 13 heavy (non-hydrogen) atoms. The van der Waals surface area contributed by atoms with E-state index in [1.54, 1.807) is 0 Å². The predicted octanol–water partition coefficient (Wildman–Crippen LogP) is 3.30. The van der Waals surface area contributed by atoms with Crippen LogP contribution in [0.4, 0.5) is 0 Å². The SMILES string of the molecule is CCC1CC(C)(C)N(C)C(C)(C)C1. The summed E-state index contributed by atoms with van der Waals surface area (Å²) in [7, 11) is 2.27. The smallest absolute Gasteiger partial charge is 0.0158 e. The van der Waals surface area contributed by atoms with Crippen LogP contribution in [0.15, 0.2) is 0 Å². The third-order valence-corrected chi connectivity index (χ3v) is 3.97. The molecule has 0 aromatic carbocycles. The van der Waals surface area contributed by atoms with Crippen molar-refractivity contribution < 1.29 is 0 Å². The van der Waals surface area contributed by atoms with Gasteiger partial charge in [-0.05, 0) is 53.5 Å². The Morgan fingerprint density at radius 2 is 1.46 bits per heavy atom. The van der Waals surface area contributed by atoms with Gasteiger partial charge in [0.05, 0.1) is 0 Å². The molecule has 1 fully saturated rings. The van der Waals surface area contributed by atoms with Crippen molar-refractivity contribution in [3.05, 3.63) is 0 Å². The fraction of sp³-hybridized carbons (Fsp3) is 1.00. The van der Waals surface area contributed by atoms with Crippen LogP contribution in [0.1, 0.15) is 53.9 Å². The van der Waals surface area contributed by atoms with Gasteiger partial charge in [0.15, 0.2) is 0 Å². The lowest BCUT2D eigenvalue weighted by molar-refractivity contribution is -0.0305. The van der Waals surface area contributed by atoms with Gasteiger partial charge in [0, 0.05) is 11.1 Å². The molecular weight excluding hydrogens is 158 g/mol.